The topological polar surface area (TPSA) is 81.2 Å². The fourth-order valence-electron chi connectivity index (χ4n) is 4.48. The van der Waals surface area contributed by atoms with Gasteiger partial charge in [-0.25, -0.2) is 14.6 Å². The number of amides is 1. The van der Waals surface area contributed by atoms with E-state index in [2.05, 4.69) is 28.5 Å². The Morgan fingerprint density at radius 2 is 1.85 bits per heavy atom. The lowest BCUT2D eigenvalue weighted by molar-refractivity contribution is -0.0135. The van der Waals surface area contributed by atoms with Crippen LogP contribution in [0.4, 0.5) is 4.79 Å². The van der Waals surface area contributed by atoms with Crippen LogP contribution in [-0.4, -0.2) is 77.4 Å². The van der Waals surface area contributed by atoms with Crippen molar-refractivity contribution in [3.8, 4) is 5.75 Å². The van der Waals surface area contributed by atoms with E-state index in [0.29, 0.717) is 23.8 Å². The number of hydrogen-bond donors (Lipinski definition) is 0. The van der Waals surface area contributed by atoms with Crippen LogP contribution in [0.15, 0.2) is 18.3 Å². The molecule has 0 spiro atoms. The molecule has 1 aromatic rings. The molecular weight excluding hydrogens is 422 g/mol. The lowest BCUT2D eigenvalue weighted by Crippen LogP contribution is -2.54. The van der Waals surface area contributed by atoms with Gasteiger partial charge in [-0.2, -0.15) is 0 Å². The number of esters is 1. The summed E-state index contributed by atoms with van der Waals surface area (Å²) in [5.74, 6) is 0.813. The van der Waals surface area contributed by atoms with Gasteiger partial charge < -0.3 is 19.1 Å². The van der Waals surface area contributed by atoms with E-state index in [1.54, 1.807) is 18.3 Å². The quantitative estimate of drug-likeness (QED) is 0.565. The van der Waals surface area contributed by atoms with Gasteiger partial charge in [-0.3, -0.25) is 4.90 Å². The summed E-state index contributed by atoms with van der Waals surface area (Å²) in [6, 6.07) is 4.36. The van der Waals surface area contributed by atoms with Crippen molar-refractivity contribution in [1.82, 2.24) is 14.8 Å². The summed E-state index contributed by atoms with van der Waals surface area (Å²) in [4.78, 5) is 32.4. The molecule has 0 aromatic carbocycles. The molecule has 0 unspecified atom stereocenters. The maximum absolute atomic E-state index is 12.3. The highest BCUT2D eigenvalue weighted by Gasteiger charge is 2.38. The first kappa shape index (κ1) is 25.3. The van der Waals surface area contributed by atoms with Crippen LogP contribution < -0.4 is 4.74 Å². The molecule has 33 heavy (non-hydrogen) atoms. The Bertz CT molecular complexity index is 791. The molecule has 1 aromatic heterocycles. The number of carbonyl (C=O) groups is 2. The summed E-state index contributed by atoms with van der Waals surface area (Å²) in [6.07, 6.45) is 5.52. The molecule has 0 radical (unpaired) electrons. The summed E-state index contributed by atoms with van der Waals surface area (Å²) in [7, 11) is 1.34. The van der Waals surface area contributed by atoms with Gasteiger partial charge in [0.05, 0.1) is 13.3 Å². The first-order valence-corrected chi connectivity index (χ1v) is 12.0. The average Bonchev–Trinajstić information content (AvgIpc) is 2.73. The number of piperidine rings is 1. The largest absolute Gasteiger partial charge is 0.489 e. The van der Waals surface area contributed by atoms with Crippen molar-refractivity contribution >= 4 is 12.1 Å². The van der Waals surface area contributed by atoms with Gasteiger partial charge in [0.2, 0.25) is 0 Å². The van der Waals surface area contributed by atoms with Gasteiger partial charge in [0.1, 0.15) is 23.1 Å². The molecule has 2 aliphatic rings. The fraction of sp³-hybridized carbons (Fsp3) is 0.720. The SMILES string of the molecule is COC(=O)c1ccc(O[C@H]2C[C@H](N(CC3CCN(C(=O)OC(C)(C)C)CC3)C(C)C)C2)cn1. The van der Waals surface area contributed by atoms with Crippen molar-refractivity contribution in [2.75, 3.05) is 26.7 Å². The Kier molecular flexibility index (Phi) is 8.21. The van der Waals surface area contributed by atoms with Crippen LogP contribution in [0.2, 0.25) is 0 Å². The van der Waals surface area contributed by atoms with E-state index in [-0.39, 0.29) is 17.9 Å². The van der Waals surface area contributed by atoms with Crippen LogP contribution in [-0.2, 0) is 9.47 Å². The predicted octanol–water partition coefficient (Wildman–Crippen LogP) is 4.14. The third kappa shape index (κ3) is 7.06. The molecule has 2 heterocycles. The number of pyridine rings is 1. The summed E-state index contributed by atoms with van der Waals surface area (Å²) >= 11 is 0. The Morgan fingerprint density at radius 3 is 2.36 bits per heavy atom. The second-order valence-electron chi connectivity index (χ2n) is 10.4. The molecule has 1 aliphatic heterocycles. The van der Waals surface area contributed by atoms with Gasteiger partial charge in [0.15, 0.2) is 0 Å². The number of aromatic nitrogens is 1. The minimum Gasteiger partial charge on any atom is -0.489 e. The number of rotatable bonds is 7. The molecule has 3 rings (SSSR count). The van der Waals surface area contributed by atoms with Crippen LogP contribution in [0.3, 0.4) is 0 Å². The first-order valence-electron chi connectivity index (χ1n) is 12.0. The van der Waals surface area contributed by atoms with E-state index in [1.165, 1.54) is 7.11 Å². The Balaban J connectivity index is 1.44. The van der Waals surface area contributed by atoms with E-state index in [1.807, 2.05) is 25.7 Å². The summed E-state index contributed by atoms with van der Waals surface area (Å²) in [5, 5.41) is 0. The zero-order valence-corrected chi connectivity index (χ0v) is 20.9. The monoisotopic (exact) mass is 461 g/mol. The van der Waals surface area contributed by atoms with Crippen molar-refractivity contribution in [3.63, 3.8) is 0 Å². The minimum atomic E-state index is -0.454. The van der Waals surface area contributed by atoms with Gasteiger partial charge in [-0.1, -0.05) is 0 Å². The van der Waals surface area contributed by atoms with Crippen LogP contribution in [0.1, 0.15) is 70.8 Å². The molecule has 1 amide bonds. The highest BCUT2D eigenvalue weighted by atomic mass is 16.6. The van der Waals surface area contributed by atoms with Gasteiger partial charge >= 0.3 is 12.1 Å². The zero-order chi connectivity index (χ0) is 24.2. The van der Waals surface area contributed by atoms with E-state index < -0.39 is 11.6 Å². The van der Waals surface area contributed by atoms with Gasteiger partial charge in [-0.05, 0) is 65.5 Å². The van der Waals surface area contributed by atoms with E-state index in [4.69, 9.17) is 9.47 Å². The number of methoxy groups -OCH3 is 1. The van der Waals surface area contributed by atoms with Gasteiger partial charge in [0.25, 0.3) is 0 Å². The Hall–Kier alpha value is -2.35. The average molecular weight is 462 g/mol. The van der Waals surface area contributed by atoms with Gasteiger partial charge in [-0.15, -0.1) is 0 Å². The van der Waals surface area contributed by atoms with Crippen LogP contribution in [0.5, 0.6) is 5.75 Å². The molecule has 1 saturated carbocycles. The number of carbonyl (C=O) groups excluding carboxylic acids is 2. The van der Waals surface area contributed by atoms with E-state index in [9.17, 15) is 9.59 Å². The molecule has 184 valence electrons. The highest BCUT2D eigenvalue weighted by molar-refractivity contribution is 5.87. The third-order valence-corrected chi connectivity index (χ3v) is 6.37. The van der Waals surface area contributed by atoms with Crippen LogP contribution in [0.25, 0.3) is 0 Å². The van der Waals surface area contributed by atoms with Crippen molar-refractivity contribution in [1.29, 1.82) is 0 Å². The fourth-order valence-corrected chi connectivity index (χ4v) is 4.48. The van der Waals surface area contributed by atoms with Crippen molar-refractivity contribution < 1.29 is 23.8 Å². The molecule has 1 aliphatic carbocycles. The molecule has 0 atom stereocenters. The maximum Gasteiger partial charge on any atom is 0.410 e. The summed E-state index contributed by atoms with van der Waals surface area (Å²) in [5.41, 5.74) is -0.176. The smallest absolute Gasteiger partial charge is 0.410 e. The number of likely N-dealkylation sites (tertiary alicyclic amines) is 1. The number of ether oxygens (including phenoxy) is 3. The second kappa shape index (κ2) is 10.7. The number of nitrogens with zero attached hydrogens (tertiary/aromatic N) is 3. The van der Waals surface area contributed by atoms with Crippen LogP contribution >= 0.6 is 0 Å². The number of hydrogen-bond acceptors (Lipinski definition) is 7. The second-order valence-corrected chi connectivity index (χ2v) is 10.4. The molecule has 8 nitrogen and oxygen atoms in total. The molecule has 2 fully saturated rings. The predicted molar refractivity (Wildman–Crippen MR) is 125 cm³/mol. The van der Waals surface area contributed by atoms with Gasteiger partial charge in [0, 0.05) is 44.6 Å². The zero-order valence-electron chi connectivity index (χ0n) is 20.9. The molecule has 0 N–H and O–H groups in total. The normalized spacial score (nSPS) is 21.6. The minimum absolute atomic E-state index is 0.163. The van der Waals surface area contributed by atoms with Crippen molar-refractivity contribution in [3.05, 3.63) is 24.0 Å². The van der Waals surface area contributed by atoms with E-state index >= 15 is 0 Å². The molecular formula is C25H39N3O5. The Morgan fingerprint density at radius 1 is 1.18 bits per heavy atom. The first-order chi connectivity index (χ1) is 15.6. The highest BCUT2D eigenvalue weighted by Crippen LogP contribution is 2.33. The van der Waals surface area contributed by atoms with Crippen molar-refractivity contribution in [2.45, 2.75) is 84.1 Å². The lowest BCUT2D eigenvalue weighted by Gasteiger charge is -2.46. The standard InChI is InChI=1S/C25H39N3O5/c1-17(2)28(16-18-9-11-27(12-10-18)24(30)33-25(3,4)5)19-13-21(14-19)32-20-7-8-22(26-15-20)23(29)31-6/h7-8,15,17-19,21H,9-14,16H2,1-6H3/t19-,21-. The third-order valence-electron chi connectivity index (χ3n) is 6.37. The summed E-state index contributed by atoms with van der Waals surface area (Å²) < 4.78 is 16.2. The van der Waals surface area contributed by atoms with E-state index in [0.717, 1.165) is 45.3 Å². The molecule has 1 saturated heterocycles. The Labute approximate surface area is 197 Å². The molecule has 8 heteroatoms. The molecule has 0 bridgehead atoms. The maximum atomic E-state index is 12.3. The summed E-state index contributed by atoms with van der Waals surface area (Å²) in [6.45, 7) is 12.8. The lowest BCUT2D eigenvalue weighted by atomic mass is 9.85. The van der Waals surface area contributed by atoms with Crippen molar-refractivity contribution in [2.24, 2.45) is 5.92 Å². The van der Waals surface area contributed by atoms with Crippen LogP contribution in [0, 0.1) is 5.92 Å².